The number of ketones is 1. The van der Waals surface area contributed by atoms with Crippen LogP contribution in [0.15, 0.2) is 78.9 Å². The lowest BCUT2D eigenvalue weighted by molar-refractivity contribution is -0.385. The van der Waals surface area contributed by atoms with Gasteiger partial charge in [0.15, 0.2) is 6.10 Å². The Morgan fingerprint density at radius 1 is 0.903 bits per heavy atom. The number of aryl methyl sites for hydroxylation is 2. The lowest BCUT2D eigenvalue weighted by atomic mass is 9.98. The second-order valence-electron chi connectivity index (χ2n) is 7.11. The van der Waals surface area contributed by atoms with E-state index in [-0.39, 0.29) is 17.0 Å². The van der Waals surface area contributed by atoms with Crippen molar-refractivity contribution in [2.24, 2.45) is 0 Å². The summed E-state index contributed by atoms with van der Waals surface area (Å²) in [7, 11) is 0. The molecule has 0 aliphatic rings. The minimum absolute atomic E-state index is 0.127. The molecule has 6 nitrogen and oxygen atoms in total. The first-order valence-corrected chi connectivity index (χ1v) is 9.64. The van der Waals surface area contributed by atoms with Crippen molar-refractivity contribution < 1.29 is 19.2 Å². The van der Waals surface area contributed by atoms with Gasteiger partial charge in [0.05, 0.1) is 10.5 Å². The maximum atomic E-state index is 13.1. The SMILES string of the molecule is Cc1ccc(C(=O)[C@H](OC(=O)/C=C/c2ccccc2[N+](=O)[O-])c2ccc(C)cc2)cc1. The average Bonchev–Trinajstić information content (AvgIpc) is 2.77. The van der Waals surface area contributed by atoms with E-state index in [2.05, 4.69) is 0 Å². The van der Waals surface area contributed by atoms with Crippen LogP contribution in [-0.4, -0.2) is 16.7 Å². The number of carbonyl (C=O) groups is 2. The minimum Gasteiger partial charge on any atom is -0.446 e. The standard InChI is InChI=1S/C25H21NO5/c1-17-7-11-20(12-8-17)24(28)25(21-13-9-18(2)10-14-21)31-23(27)16-15-19-5-3-4-6-22(19)26(29)30/h3-16,25H,1-2H3/b16-15+/t25-/m1/s1. The molecular weight excluding hydrogens is 394 g/mol. The Balaban J connectivity index is 1.87. The van der Waals surface area contributed by atoms with E-state index in [0.29, 0.717) is 11.1 Å². The number of hydrogen-bond donors (Lipinski definition) is 0. The summed E-state index contributed by atoms with van der Waals surface area (Å²) in [5.41, 5.74) is 3.12. The zero-order valence-corrected chi connectivity index (χ0v) is 17.1. The average molecular weight is 415 g/mol. The van der Waals surface area contributed by atoms with Crippen molar-refractivity contribution in [3.63, 3.8) is 0 Å². The van der Waals surface area contributed by atoms with Gasteiger partial charge in [0.25, 0.3) is 5.69 Å². The lowest BCUT2D eigenvalue weighted by Gasteiger charge is -2.17. The normalized spacial score (nSPS) is 11.8. The molecule has 3 aromatic rings. The van der Waals surface area contributed by atoms with Gasteiger partial charge in [-0.1, -0.05) is 71.8 Å². The summed E-state index contributed by atoms with van der Waals surface area (Å²) >= 11 is 0. The Labute approximate surface area is 180 Å². The molecule has 0 unspecified atom stereocenters. The Kier molecular flexibility index (Phi) is 6.72. The molecule has 0 bridgehead atoms. The zero-order chi connectivity index (χ0) is 22.4. The van der Waals surface area contributed by atoms with E-state index in [1.165, 1.54) is 18.2 Å². The van der Waals surface area contributed by atoms with Crippen molar-refractivity contribution in [2.45, 2.75) is 20.0 Å². The van der Waals surface area contributed by atoms with Crippen molar-refractivity contribution in [3.05, 3.63) is 117 Å². The van der Waals surface area contributed by atoms with E-state index >= 15 is 0 Å². The number of hydrogen-bond acceptors (Lipinski definition) is 5. The molecule has 0 saturated carbocycles. The second kappa shape index (κ2) is 9.63. The molecule has 6 heteroatoms. The zero-order valence-electron chi connectivity index (χ0n) is 17.1. The third-order valence-corrected chi connectivity index (χ3v) is 4.72. The number of para-hydroxylation sites is 1. The fourth-order valence-corrected chi connectivity index (χ4v) is 2.99. The van der Waals surface area contributed by atoms with Gasteiger partial charge in [-0.2, -0.15) is 0 Å². The highest BCUT2D eigenvalue weighted by Crippen LogP contribution is 2.25. The quantitative estimate of drug-likeness (QED) is 0.170. The highest BCUT2D eigenvalue weighted by molar-refractivity contribution is 6.01. The van der Waals surface area contributed by atoms with Crippen LogP contribution < -0.4 is 0 Å². The fraction of sp³-hybridized carbons (Fsp3) is 0.120. The number of esters is 1. The van der Waals surface area contributed by atoms with E-state index in [9.17, 15) is 19.7 Å². The predicted octanol–water partition coefficient (Wildman–Crippen LogP) is 5.39. The number of Topliss-reactive ketones (excluding diaryl/α,β-unsaturated/α-hetero) is 1. The summed E-state index contributed by atoms with van der Waals surface area (Å²) in [5.74, 6) is -1.12. The predicted molar refractivity (Wildman–Crippen MR) is 118 cm³/mol. The number of nitrogens with zero attached hydrogens (tertiary/aromatic N) is 1. The minimum atomic E-state index is -1.13. The molecule has 156 valence electrons. The summed E-state index contributed by atoms with van der Waals surface area (Å²) in [5, 5.41) is 11.1. The van der Waals surface area contributed by atoms with Crippen LogP contribution >= 0.6 is 0 Å². The van der Waals surface area contributed by atoms with Gasteiger partial charge in [0, 0.05) is 23.3 Å². The Morgan fingerprint density at radius 2 is 1.48 bits per heavy atom. The second-order valence-corrected chi connectivity index (χ2v) is 7.11. The molecule has 3 aromatic carbocycles. The van der Waals surface area contributed by atoms with Crippen molar-refractivity contribution in [3.8, 4) is 0 Å². The van der Waals surface area contributed by atoms with Crippen molar-refractivity contribution in [1.82, 2.24) is 0 Å². The number of carbonyl (C=O) groups excluding carboxylic acids is 2. The summed E-state index contributed by atoms with van der Waals surface area (Å²) in [6, 6.07) is 20.2. The maximum Gasteiger partial charge on any atom is 0.331 e. The van der Waals surface area contributed by atoms with Crippen molar-refractivity contribution >= 4 is 23.5 Å². The maximum absolute atomic E-state index is 13.1. The van der Waals surface area contributed by atoms with Gasteiger partial charge in [-0.25, -0.2) is 4.79 Å². The van der Waals surface area contributed by atoms with Crippen LogP contribution in [0.5, 0.6) is 0 Å². The monoisotopic (exact) mass is 415 g/mol. The number of nitro groups is 1. The highest BCUT2D eigenvalue weighted by Gasteiger charge is 2.25. The first kappa shape index (κ1) is 21.6. The Morgan fingerprint density at radius 3 is 2.10 bits per heavy atom. The molecule has 0 N–H and O–H groups in total. The molecule has 0 saturated heterocycles. The van der Waals surface area contributed by atoms with E-state index in [0.717, 1.165) is 17.2 Å². The van der Waals surface area contributed by atoms with Crippen molar-refractivity contribution in [2.75, 3.05) is 0 Å². The van der Waals surface area contributed by atoms with Gasteiger partial charge in [-0.15, -0.1) is 0 Å². The smallest absolute Gasteiger partial charge is 0.331 e. The summed E-state index contributed by atoms with van der Waals surface area (Å²) in [6.45, 7) is 3.83. The van der Waals surface area contributed by atoms with E-state index in [1.807, 2.05) is 38.1 Å². The molecule has 1 atom stereocenters. The Bertz CT molecular complexity index is 1130. The molecule has 3 rings (SSSR count). The third-order valence-electron chi connectivity index (χ3n) is 4.72. The molecule has 0 spiro atoms. The van der Waals surface area contributed by atoms with Gasteiger partial charge in [-0.3, -0.25) is 14.9 Å². The lowest BCUT2D eigenvalue weighted by Crippen LogP contribution is -2.19. The van der Waals surface area contributed by atoms with Gasteiger partial charge in [0.1, 0.15) is 0 Å². The molecular formula is C25H21NO5. The largest absolute Gasteiger partial charge is 0.446 e. The van der Waals surface area contributed by atoms with Crippen LogP contribution in [-0.2, 0) is 9.53 Å². The molecule has 0 aromatic heterocycles. The summed E-state index contributed by atoms with van der Waals surface area (Å²) < 4.78 is 5.50. The van der Waals surface area contributed by atoms with E-state index in [1.54, 1.807) is 36.4 Å². The number of ether oxygens (including phenoxy) is 1. The molecule has 0 amide bonds. The highest BCUT2D eigenvalue weighted by atomic mass is 16.6. The fourth-order valence-electron chi connectivity index (χ4n) is 2.99. The Hall–Kier alpha value is -4.06. The van der Waals surface area contributed by atoms with Crippen LogP contribution in [0, 0.1) is 24.0 Å². The van der Waals surface area contributed by atoms with Crippen LogP contribution in [0.25, 0.3) is 6.08 Å². The molecule has 0 aliphatic carbocycles. The van der Waals surface area contributed by atoms with E-state index in [4.69, 9.17) is 4.74 Å². The van der Waals surface area contributed by atoms with Crippen LogP contribution in [0.1, 0.15) is 38.7 Å². The van der Waals surface area contributed by atoms with Crippen molar-refractivity contribution in [1.29, 1.82) is 0 Å². The van der Waals surface area contributed by atoms with Gasteiger partial charge in [-0.05, 0) is 26.0 Å². The van der Waals surface area contributed by atoms with E-state index < -0.39 is 17.0 Å². The van der Waals surface area contributed by atoms with Crippen LogP contribution in [0.4, 0.5) is 5.69 Å². The first-order valence-electron chi connectivity index (χ1n) is 9.64. The molecule has 0 aliphatic heterocycles. The van der Waals surface area contributed by atoms with Gasteiger partial charge < -0.3 is 4.74 Å². The third kappa shape index (κ3) is 5.51. The molecule has 0 radical (unpaired) electrons. The van der Waals surface area contributed by atoms with Crippen LogP contribution in [0.2, 0.25) is 0 Å². The summed E-state index contributed by atoms with van der Waals surface area (Å²) in [4.78, 5) is 36.2. The number of rotatable bonds is 7. The number of nitro benzene ring substituents is 1. The van der Waals surface area contributed by atoms with Crippen LogP contribution in [0.3, 0.4) is 0 Å². The first-order chi connectivity index (χ1) is 14.8. The summed E-state index contributed by atoms with van der Waals surface area (Å²) in [6.07, 6.45) is 1.26. The number of benzene rings is 3. The topological polar surface area (TPSA) is 86.5 Å². The van der Waals surface area contributed by atoms with Gasteiger partial charge >= 0.3 is 5.97 Å². The van der Waals surface area contributed by atoms with Gasteiger partial charge in [0.2, 0.25) is 5.78 Å². The molecule has 31 heavy (non-hydrogen) atoms. The molecule has 0 heterocycles. The molecule has 0 fully saturated rings.